The molecule has 30 heavy (non-hydrogen) atoms. The summed E-state index contributed by atoms with van der Waals surface area (Å²) in [6.07, 6.45) is 2.22. The fourth-order valence-electron chi connectivity index (χ4n) is 3.13. The zero-order chi connectivity index (χ0) is 21.7. The van der Waals surface area contributed by atoms with E-state index in [1.54, 1.807) is 13.1 Å². The number of carbonyl (C=O) groups is 1. The van der Waals surface area contributed by atoms with Crippen molar-refractivity contribution in [2.75, 3.05) is 18.9 Å². The molecule has 2 aromatic carbocycles. The lowest BCUT2D eigenvalue weighted by molar-refractivity contribution is -0.119. The number of amides is 1. The van der Waals surface area contributed by atoms with E-state index in [-0.39, 0.29) is 29.6 Å². The summed E-state index contributed by atoms with van der Waals surface area (Å²) in [6, 6.07) is 12.9. The highest BCUT2D eigenvalue weighted by Gasteiger charge is 2.18. The maximum atomic E-state index is 13.1. The van der Waals surface area contributed by atoms with Gasteiger partial charge in [0.2, 0.25) is 5.91 Å². The average Bonchev–Trinajstić information content (AvgIpc) is 2.73. The molecule has 0 spiro atoms. The second-order valence-corrected chi connectivity index (χ2v) is 7.27. The van der Waals surface area contributed by atoms with E-state index in [1.165, 1.54) is 23.7 Å². The molecule has 1 heterocycles. The number of carbonyl (C=O) groups excluding carboxylic acids is 1. The Labute approximate surface area is 179 Å². The molecule has 3 aromatic rings. The number of nitrogens with zero attached hydrogens (tertiary/aromatic N) is 2. The zero-order valence-corrected chi connectivity index (χ0v) is 17.5. The number of nitrogens with one attached hydrogen (secondary N) is 2. The molecule has 7 nitrogen and oxygen atoms in total. The molecule has 0 radical (unpaired) electrons. The van der Waals surface area contributed by atoms with Crippen LogP contribution in [0.4, 0.5) is 5.82 Å². The molecular formula is C22H23ClN4O3. The Morgan fingerprint density at radius 2 is 1.97 bits per heavy atom. The smallest absolute Gasteiger partial charge is 0.298 e. The third kappa shape index (κ3) is 4.80. The minimum Gasteiger partial charge on any atom is -0.505 e. The average molecular weight is 427 g/mol. The number of benzene rings is 2. The van der Waals surface area contributed by atoms with E-state index >= 15 is 0 Å². The Bertz CT molecular complexity index is 1110. The first-order valence-corrected chi connectivity index (χ1v) is 9.87. The summed E-state index contributed by atoms with van der Waals surface area (Å²) in [7, 11) is 1.51. The van der Waals surface area contributed by atoms with Crippen molar-refractivity contribution in [2.24, 2.45) is 0 Å². The summed E-state index contributed by atoms with van der Waals surface area (Å²) in [5.74, 6) is -0.279. The minimum absolute atomic E-state index is 0.0586. The van der Waals surface area contributed by atoms with Crippen LogP contribution in [0.3, 0.4) is 0 Å². The molecular weight excluding hydrogens is 404 g/mol. The lowest BCUT2D eigenvalue weighted by Gasteiger charge is -2.16. The molecule has 0 saturated carbocycles. The van der Waals surface area contributed by atoms with Crippen molar-refractivity contribution in [1.82, 2.24) is 14.9 Å². The van der Waals surface area contributed by atoms with Crippen molar-refractivity contribution < 1.29 is 9.90 Å². The van der Waals surface area contributed by atoms with Gasteiger partial charge >= 0.3 is 0 Å². The van der Waals surface area contributed by atoms with Gasteiger partial charge in [0.15, 0.2) is 5.82 Å². The van der Waals surface area contributed by atoms with Crippen molar-refractivity contribution in [3.63, 3.8) is 0 Å². The van der Waals surface area contributed by atoms with Gasteiger partial charge in [0.1, 0.15) is 5.75 Å². The number of likely N-dealkylation sites (N-methyl/N-ethyl adjacent to an activating group) is 1. The number of rotatable bonds is 7. The molecule has 0 bridgehead atoms. The topological polar surface area (TPSA) is 96.3 Å². The van der Waals surface area contributed by atoms with Gasteiger partial charge in [0.05, 0.1) is 12.1 Å². The van der Waals surface area contributed by atoms with Gasteiger partial charge in [-0.05, 0) is 31.0 Å². The number of phenolic OH excluding ortho intramolecular Hbond substituents is 1. The second-order valence-electron chi connectivity index (χ2n) is 6.83. The quantitative estimate of drug-likeness (QED) is 0.540. The van der Waals surface area contributed by atoms with Gasteiger partial charge in [0, 0.05) is 36.1 Å². The summed E-state index contributed by atoms with van der Waals surface area (Å²) in [4.78, 5) is 29.1. The molecule has 1 aromatic heterocycles. The molecule has 0 unspecified atom stereocenters. The second kappa shape index (κ2) is 9.45. The molecule has 0 aliphatic carbocycles. The van der Waals surface area contributed by atoms with Crippen LogP contribution in [0, 0.1) is 6.92 Å². The molecule has 0 atom stereocenters. The number of halogens is 1. The molecule has 1 amide bonds. The fraction of sp³-hybridized carbons (Fsp3) is 0.227. The van der Waals surface area contributed by atoms with Gasteiger partial charge in [-0.25, -0.2) is 4.98 Å². The Balaban J connectivity index is 1.93. The number of hydrogen-bond donors (Lipinski definition) is 3. The van der Waals surface area contributed by atoms with Crippen LogP contribution in [0.15, 0.2) is 53.5 Å². The normalized spacial score (nSPS) is 10.6. The predicted molar refractivity (Wildman–Crippen MR) is 118 cm³/mol. The number of aryl methyl sites for hydroxylation is 1. The number of aromatic nitrogens is 2. The van der Waals surface area contributed by atoms with E-state index in [4.69, 9.17) is 11.6 Å². The van der Waals surface area contributed by atoms with Crippen molar-refractivity contribution in [1.29, 1.82) is 0 Å². The molecule has 0 fully saturated rings. The summed E-state index contributed by atoms with van der Waals surface area (Å²) < 4.78 is 1.34. The summed E-state index contributed by atoms with van der Waals surface area (Å²) in [6.45, 7) is 2.24. The van der Waals surface area contributed by atoms with Gasteiger partial charge in [0.25, 0.3) is 5.56 Å². The van der Waals surface area contributed by atoms with Crippen LogP contribution in [0.1, 0.15) is 16.8 Å². The van der Waals surface area contributed by atoms with Gasteiger partial charge in [-0.1, -0.05) is 41.9 Å². The largest absolute Gasteiger partial charge is 0.505 e. The van der Waals surface area contributed by atoms with Gasteiger partial charge < -0.3 is 15.7 Å². The Kier molecular flexibility index (Phi) is 6.74. The van der Waals surface area contributed by atoms with Crippen LogP contribution in [0.25, 0.3) is 5.69 Å². The maximum absolute atomic E-state index is 13.1. The van der Waals surface area contributed by atoms with E-state index in [1.807, 2.05) is 30.3 Å². The Hall–Kier alpha value is -3.32. The highest BCUT2D eigenvalue weighted by atomic mass is 35.5. The molecule has 0 aliphatic heterocycles. The highest BCUT2D eigenvalue weighted by molar-refractivity contribution is 6.31. The standard InChI is InChI=1S/C22H23ClN4O3/c1-14-13-26-21(25-9-8-15-6-4-3-5-7-15)22(30)27(14)18-12-17(23)10-16(20(18)29)11-19(28)24-2/h3-7,10,12-13,29H,8-9,11H2,1-2H3,(H,24,28)(H,25,26). The molecule has 0 saturated heterocycles. The number of aromatic hydroxyl groups is 1. The van der Waals surface area contributed by atoms with Crippen LogP contribution in [-0.4, -0.2) is 34.2 Å². The van der Waals surface area contributed by atoms with Crippen LogP contribution in [0.2, 0.25) is 5.02 Å². The fourth-order valence-corrected chi connectivity index (χ4v) is 3.37. The van der Waals surface area contributed by atoms with Crippen LogP contribution >= 0.6 is 11.6 Å². The van der Waals surface area contributed by atoms with Crippen molar-refractivity contribution in [3.8, 4) is 11.4 Å². The molecule has 156 valence electrons. The highest BCUT2D eigenvalue weighted by Crippen LogP contribution is 2.30. The van der Waals surface area contributed by atoms with Gasteiger partial charge in [-0.15, -0.1) is 0 Å². The van der Waals surface area contributed by atoms with E-state index in [0.717, 1.165) is 12.0 Å². The molecule has 8 heteroatoms. The first-order valence-electron chi connectivity index (χ1n) is 9.49. The van der Waals surface area contributed by atoms with Gasteiger partial charge in [-0.2, -0.15) is 0 Å². The SMILES string of the molecule is CNC(=O)Cc1cc(Cl)cc(-n2c(C)cnc(NCCc3ccccc3)c2=O)c1O. The third-order valence-corrected chi connectivity index (χ3v) is 4.91. The van der Waals surface area contributed by atoms with Crippen molar-refractivity contribution in [3.05, 3.63) is 80.9 Å². The van der Waals surface area contributed by atoms with Crippen molar-refractivity contribution >= 4 is 23.3 Å². The lowest BCUT2D eigenvalue weighted by atomic mass is 10.1. The minimum atomic E-state index is -0.411. The van der Waals surface area contributed by atoms with Crippen LogP contribution < -0.4 is 16.2 Å². The Morgan fingerprint density at radius 3 is 2.67 bits per heavy atom. The number of anilines is 1. The summed E-state index contributed by atoms with van der Waals surface area (Å²) in [5.41, 5.74) is 1.79. The van der Waals surface area contributed by atoms with E-state index < -0.39 is 5.56 Å². The van der Waals surface area contributed by atoms with Crippen LogP contribution in [0.5, 0.6) is 5.75 Å². The van der Waals surface area contributed by atoms with Crippen LogP contribution in [-0.2, 0) is 17.6 Å². The maximum Gasteiger partial charge on any atom is 0.298 e. The van der Waals surface area contributed by atoms with E-state index in [0.29, 0.717) is 22.8 Å². The third-order valence-electron chi connectivity index (χ3n) is 4.69. The predicted octanol–water partition coefficient (Wildman–Crippen LogP) is 2.84. The van der Waals surface area contributed by atoms with Gasteiger partial charge in [-0.3, -0.25) is 14.2 Å². The lowest BCUT2D eigenvalue weighted by Crippen LogP contribution is -2.26. The van der Waals surface area contributed by atoms with E-state index in [9.17, 15) is 14.7 Å². The molecule has 3 N–H and O–H groups in total. The zero-order valence-electron chi connectivity index (χ0n) is 16.8. The monoisotopic (exact) mass is 426 g/mol. The summed E-state index contributed by atoms with van der Waals surface area (Å²) >= 11 is 6.20. The molecule has 3 rings (SSSR count). The summed E-state index contributed by atoms with van der Waals surface area (Å²) in [5, 5.41) is 16.6. The first kappa shape index (κ1) is 21.4. The molecule has 0 aliphatic rings. The first-order chi connectivity index (χ1) is 14.4. The number of phenols is 1. The van der Waals surface area contributed by atoms with E-state index in [2.05, 4.69) is 15.6 Å². The van der Waals surface area contributed by atoms with Crippen molar-refractivity contribution in [2.45, 2.75) is 19.8 Å². The number of hydrogen-bond acceptors (Lipinski definition) is 5. The Morgan fingerprint density at radius 1 is 1.23 bits per heavy atom.